The van der Waals surface area contributed by atoms with Crippen LogP contribution in [0.25, 0.3) is 0 Å². The van der Waals surface area contributed by atoms with E-state index in [1.165, 1.54) is 25.7 Å². The normalized spacial score (nSPS) is 30.9. The van der Waals surface area contributed by atoms with Gasteiger partial charge < -0.3 is 5.32 Å². The predicted molar refractivity (Wildman–Crippen MR) is 82.9 cm³/mol. The second-order valence-corrected chi connectivity index (χ2v) is 8.72. The standard InChI is InChI=1S/C15H30N2OS/c1-12(2)14-9-16-15(7-5-6-8-15)11-17(14)10-13(3)19(4)18/h12-14,16H,5-11H2,1-4H3. The highest BCUT2D eigenvalue weighted by Crippen LogP contribution is 2.34. The molecule has 0 radical (unpaired) electrons. The maximum Gasteiger partial charge on any atom is 0.0444 e. The summed E-state index contributed by atoms with van der Waals surface area (Å²) < 4.78 is 11.7. The van der Waals surface area contributed by atoms with E-state index in [0.717, 1.165) is 19.6 Å². The lowest BCUT2D eigenvalue weighted by molar-refractivity contribution is 0.0581. The zero-order valence-electron chi connectivity index (χ0n) is 12.9. The average Bonchev–Trinajstić information content (AvgIpc) is 2.77. The highest BCUT2D eigenvalue weighted by Gasteiger charge is 2.42. The number of hydrogen-bond donors (Lipinski definition) is 1. The van der Waals surface area contributed by atoms with Crippen molar-refractivity contribution in [2.75, 3.05) is 25.9 Å². The molecule has 3 atom stereocenters. The van der Waals surface area contributed by atoms with Crippen LogP contribution in [0.15, 0.2) is 0 Å². The minimum Gasteiger partial charge on any atom is -0.308 e. The van der Waals surface area contributed by atoms with Crippen LogP contribution in [-0.2, 0) is 10.8 Å². The molecule has 1 heterocycles. The van der Waals surface area contributed by atoms with Gasteiger partial charge in [-0.15, -0.1) is 0 Å². The van der Waals surface area contributed by atoms with Crippen LogP contribution in [0.1, 0.15) is 46.5 Å². The Kier molecular flexibility index (Phi) is 5.07. The molecule has 3 nitrogen and oxygen atoms in total. The van der Waals surface area contributed by atoms with Crippen LogP contribution in [0.2, 0.25) is 0 Å². The fourth-order valence-electron chi connectivity index (χ4n) is 3.69. The largest absolute Gasteiger partial charge is 0.308 e. The van der Waals surface area contributed by atoms with Crippen LogP contribution in [0.3, 0.4) is 0 Å². The van der Waals surface area contributed by atoms with Crippen molar-refractivity contribution in [2.24, 2.45) is 5.92 Å². The van der Waals surface area contributed by atoms with Gasteiger partial charge in [0.15, 0.2) is 0 Å². The minimum absolute atomic E-state index is 0.276. The van der Waals surface area contributed by atoms with E-state index in [9.17, 15) is 4.21 Å². The fourth-order valence-corrected chi connectivity index (χ4v) is 4.09. The molecule has 3 unspecified atom stereocenters. The van der Waals surface area contributed by atoms with E-state index in [4.69, 9.17) is 0 Å². The third-order valence-corrected chi connectivity index (χ3v) is 6.33. The van der Waals surface area contributed by atoms with E-state index in [-0.39, 0.29) is 5.25 Å². The van der Waals surface area contributed by atoms with Crippen LogP contribution in [0.4, 0.5) is 0 Å². The zero-order chi connectivity index (χ0) is 14.0. The Morgan fingerprint density at radius 2 is 1.95 bits per heavy atom. The summed E-state index contributed by atoms with van der Waals surface area (Å²) in [6, 6.07) is 0.595. The molecule has 112 valence electrons. The van der Waals surface area contributed by atoms with Gasteiger partial charge in [-0.3, -0.25) is 9.11 Å². The molecule has 0 aromatic rings. The molecule has 0 amide bonds. The monoisotopic (exact) mass is 286 g/mol. The summed E-state index contributed by atoms with van der Waals surface area (Å²) in [6.45, 7) is 9.96. The predicted octanol–water partition coefficient (Wildman–Crippen LogP) is 2.00. The lowest BCUT2D eigenvalue weighted by Gasteiger charge is -2.48. The summed E-state index contributed by atoms with van der Waals surface area (Å²) in [5.41, 5.74) is 0.361. The molecular formula is C15H30N2OS. The molecule has 1 spiro atoms. The number of hydrogen-bond acceptors (Lipinski definition) is 3. The van der Waals surface area contributed by atoms with Gasteiger partial charge in [-0.25, -0.2) is 0 Å². The highest BCUT2D eigenvalue weighted by atomic mass is 32.2. The Labute approximate surface area is 121 Å². The lowest BCUT2D eigenvalue weighted by atomic mass is 9.89. The maximum absolute atomic E-state index is 11.7. The van der Waals surface area contributed by atoms with Crippen molar-refractivity contribution >= 4 is 10.8 Å². The molecule has 2 aliphatic rings. The number of piperazine rings is 1. The topological polar surface area (TPSA) is 32.3 Å². The van der Waals surface area contributed by atoms with Crippen molar-refractivity contribution in [3.8, 4) is 0 Å². The van der Waals surface area contributed by atoms with E-state index in [1.807, 2.05) is 6.26 Å². The minimum atomic E-state index is -0.715. The third kappa shape index (κ3) is 3.59. The molecule has 1 saturated carbocycles. The summed E-state index contributed by atoms with van der Waals surface area (Å²) >= 11 is 0. The Hall–Kier alpha value is 0.0700. The molecule has 4 heteroatoms. The Morgan fingerprint density at radius 1 is 1.32 bits per heavy atom. The smallest absolute Gasteiger partial charge is 0.0444 e. The van der Waals surface area contributed by atoms with E-state index in [2.05, 4.69) is 31.0 Å². The van der Waals surface area contributed by atoms with Gasteiger partial charge in [-0.05, 0) is 25.7 Å². The molecule has 19 heavy (non-hydrogen) atoms. The second kappa shape index (κ2) is 6.23. The van der Waals surface area contributed by atoms with Gasteiger partial charge in [0.25, 0.3) is 0 Å². The summed E-state index contributed by atoms with van der Waals surface area (Å²) in [6.07, 6.45) is 7.20. The first-order valence-corrected chi connectivity index (χ1v) is 9.37. The van der Waals surface area contributed by atoms with Crippen LogP contribution in [-0.4, -0.2) is 51.8 Å². The molecular weight excluding hydrogens is 256 g/mol. The highest BCUT2D eigenvalue weighted by molar-refractivity contribution is 7.84. The van der Waals surface area contributed by atoms with Crippen molar-refractivity contribution in [1.82, 2.24) is 10.2 Å². The van der Waals surface area contributed by atoms with Crippen molar-refractivity contribution in [3.05, 3.63) is 0 Å². The Bertz CT molecular complexity index is 326. The third-order valence-electron chi connectivity index (χ3n) is 5.05. The van der Waals surface area contributed by atoms with Crippen LogP contribution < -0.4 is 5.32 Å². The molecule has 1 saturated heterocycles. The van der Waals surface area contributed by atoms with Gasteiger partial charge in [0.05, 0.1) is 0 Å². The van der Waals surface area contributed by atoms with Crippen LogP contribution in [0, 0.1) is 5.92 Å². The van der Waals surface area contributed by atoms with Crippen LogP contribution in [0.5, 0.6) is 0 Å². The van der Waals surface area contributed by atoms with Crippen molar-refractivity contribution in [1.29, 1.82) is 0 Å². The van der Waals surface area contributed by atoms with Gasteiger partial charge in [0, 0.05) is 53.5 Å². The molecule has 0 aromatic carbocycles. The lowest BCUT2D eigenvalue weighted by Crippen LogP contribution is -2.65. The summed E-state index contributed by atoms with van der Waals surface area (Å²) in [5.74, 6) is 0.656. The van der Waals surface area contributed by atoms with E-state index in [0.29, 0.717) is 17.5 Å². The molecule has 2 rings (SSSR count). The Morgan fingerprint density at radius 3 is 2.47 bits per heavy atom. The molecule has 1 aliphatic carbocycles. The Balaban J connectivity index is 2.06. The molecule has 0 bridgehead atoms. The quantitative estimate of drug-likeness (QED) is 0.858. The maximum atomic E-state index is 11.7. The number of nitrogens with one attached hydrogen (secondary N) is 1. The van der Waals surface area contributed by atoms with E-state index < -0.39 is 10.8 Å². The molecule has 0 aromatic heterocycles. The zero-order valence-corrected chi connectivity index (χ0v) is 13.8. The first-order valence-electron chi connectivity index (χ1n) is 7.75. The van der Waals surface area contributed by atoms with Crippen molar-refractivity contribution in [3.63, 3.8) is 0 Å². The first kappa shape index (κ1) is 15.5. The summed E-state index contributed by atoms with van der Waals surface area (Å²) in [4.78, 5) is 2.62. The SMILES string of the molecule is CC(C)C1CNC2(CCCC2)CN1CC(C)S(C)=O. The molecule has 1 N–H and O–H groups in total. The van der Waals surface area contributed by atoms with Gasteiger partial charge in [-0.1, -0.05) is 26.7 Å². The average molecular weight is 286 g/mol. The van der Waals surface area contributed by atoms with E-state index >= 15 is 0 Å². The molecule has 2 fully saturated rings. The fraction of sp³-hybridized carbons (Fsp3) is 1.00. The van der Waals surface area contributed by atoms with Crippen molar-refractivity contribution < 1.29 is 4.21 Å². The second-order valence-electron chi connectivity index (χ2n) is 6.92. The van der Waals surface area contributed by atoms with Gasteiger partial charge >= 0.3 is 0 Å². The summed E-state index contributed by atoms with van der Waals surface area (Å²) in [7, 11) is -0.715. The number of rotatable bonds is 4. The van der Waals surface area contributed by atoms with Crippen molar-refractivity contribution in [2.45, 2.75) is 63.3 Å². The molecule has 1 aliphatic heterocycles. The summed E-state index contributed by atoms with van der Waals surface area (Å²) in [5, 5.41) is 4.12. The first-order chi connectivity index (χ1) is 8.93. The van der Waals surface area contributed by atoms with Gasteiger partial charge in [0.2, 0.25) is 0 Å². The van der Waals surface area contributed by atoms with Gasteiger partial charge in [-0.2, -0.15) is 0 Å². The van der Waals surface area contributed by atoms with Gasteiger partial charge in [0.1, 0.15) is 0 Å². The van der Waals surface area contributed by atoms with Crippen LogP contribution >= 0.6 is 0 Å². The van der Waals surface area contributed by atoms with E-state index in [1.54, 1.807) is 0 Å². The number of nitrogens with zero attached hydrogens (tertiary/aromatic N) is 1.